The number of ether oxygens (including phenoxy) is 1. The summed E-state index contributed by atoms with van der Waals surface area (Å²) in [6, 6.07) is 1.44. The third-order valence-corrected chi connectivity index (χ3v) is 2.79. The predicted octanol–water partition coefficient (Wildman–Crippen LogP) is 2.59. The van der Waals surface area contributed by atoms with E-state index < -0.39 is 17.7 Å². The van der Waals surface area contributed by atoms with Gasteiger partial charge in [0, 0.05) is 25.6 Å². The SMILES string of the molecule is Cn1cc(N(C(=O)OC(C)(C)C)c2ccncc2C(=O)O)cn1. The number of aromatic carboxylic acids is 1. The average Bonchev–Trinajstić information content (AvgIpc) is 2.83. The minimum atomic E-state index is -1.19. The van der Waals surface area contributed by atoms with Crippen LogP contribution in [-0.2, 0) is 11.8 Å². The average molecular weight is 318 g/mol. The summed E-state index contributed by atoms with van der Waals surface area (Å²) in [6.07, 6.45) is 4.95. The van der Waals surface area contributed by atoms with E-state index in [0.717, 1.165) is 0 Å². The van der Waals surface area contributed by atoms with Gasteiger partial charge in [-0.15, -0.1) is 0 Å². The lowest BCUT2D eigenvalue weighted by Crippen LogP contribution is -2.34. The number of nitrogens with zero attached hydrogens (tertiary/aromatic N) is 4. The predicted molar refractivity (Wildman–Crippen MR) is 82.8 cm³/mol. The maximum atomic E-state index is 12.6. The Morgan fingerprint density at radius 3 is 2.52 bits per heavy atom. The van der Waals surface area contributed by atoms with Gasteiger partial charge in [0.15, 0.2) is 0 Å². The van der Waals surface area contributed by atoms with E-state index >= 15 is 0 Å². The molecule has 0 atom stereocenters. The number of carboxylic acids is 1. The quantitative estimate of drug-likeness (QED) is 0.934. The number of carboxylic acid groups (broad SMARTS) is 1. The number of aryl methyl sites for hydroxylation is 1. The van der Waals surface area contributed by atoms with Crippen molar-refractivity contribution in [1.82, 2.24) is 14.8 Å². The summed E-state index contributed by atoms with van der Waals surface area (Å²) in [7, 11) is 1.70. The van der Waals surface area contributed by atoms with Gasteiger partial charge in [-0.2, -0.15) is 5.10 Å². The summed E-state index contributed by atoms with van der Waals surface area (Å²) < 4.78 is 6.90. The van der Waals surface area contributed by atoms with Crippen molar-refractivity contribution in [1.29, 1.82) is 0 Å². The number of aromatic nitrogens is 3. The first-order chi connectivity index (χ1) is 10.7. The van der Waals surface area contributed by atoms with Gasteiger partial charge in [-0.05, 0) is 26.8 Å². The summed E-state index contributed by atoms with van der Waals surface area (Å²) >= 11 is 0. The molecule has 0 fully saturated rings. The zero-order valence-electron chi connectivity index (χ0n) is 13.3. The van der Waals surface area contributed by atoms with Crippen molar-refractivity contribution in [3.63, 3.8) is 0 Å². The van der Waals surface area contributed by atoms with Crippen molar-refractivity contribution >= 4 is 23.4 Å². The second-order valence-electron chi connectivity index (χ2n) is 5.89. The first kappa shape index (κ1) is 16.5. The zero-order valence-corrected chi connectivity index (χ0v) is 13.3. The van der Waals surface area contributed by atoms with Crippen molar-refractivity contribution in [3.8, 4) is 0 Å². The largest absolute Gasteiger partial charge is 0.478 e. The molecular weight excluding hydrogens is 300 g/mol. The van der Waals surface area contributed by atoms with E-state index in [9.17, 15) is 14.7 Å². The van der Waals surface area contributed by atoms with Crippen LogP contribution in [0.15, 0.2) is 30.9 Å². The third-order valence-electron chi connectivity index (χ3n) is 2.79. The van der Waals surface area contributed by atoms with Crippen LogP contribution in [0.3, 0.4) is 0 Å². The number of hydrogen-bond acceptors (Lipinski definition) is 5. The molecule has 8 nitrogen and oxygen atoms in total. The fourth-order valence-electron chi connectivity index (χ4n) is 1.92. The second kappa shape index (κ2) is 6.07. The van der Waals surface area contributed by atoms with E-state index in [-0.39, 0.29) is 11.3 Å². The molecule has 0 aliphatic carbocycles. The Balaban J connectivity index is 2.55. The molecule has 0 saturated heterocycles. The molecule has 23 heavy (non-hydrogen) atoms. The molecule has 0 unspecified atom stereocenters. The van der Waals surface area contributed by atoms with Gasteiger partial charge >= 0.3 is 12.1 Å². The van der Waals surface area contributed by atoms with Crippen LogP contribution in [0.2, 0.25) is 0 Å². The van der Waals surface area contributed by atoms with Gasteiger partial charge < -0.3 is 9.84 Å². The van der Waals surface area contributed by atoms with E-state index in [1.807, 2.05) is 0 Å². The molecule has 2 aromatic rings. The molecule has 8 heteroatoms. The lowest BCUT2D eigenvalue weighted by atomic mass is 10.2. The molecule has 122 valence electrons. The summed E-state index contributed by atoms with van der Waals surface area (Å²) in [4.78, 5) is 29.0. The maximum absolute atomic E-state index is 12.6. The Kier molecular flexibility index (Phi) is 4.35. The fourth-order valence-corrected chi connectivity index (χ4v) is 1.92. The molecule has 0 aromatic carbocycles. The van der Waals surface area contributed by atoms with Gasteiger partial charge in [0.05, 0.1) is 17.6 Å². The second-order valence-corrected chi connectivity index (χ2v) is 5.89. The molecule has 0 spiro atoms. The number of carbonyl (C=O) groups excluding carboxylic acids is 1. The number of anilines is 2. The number of hydrogen-bond donors (Lipinski definition) is 1. The molecule has 1 N–H and O–H groups in total. The third kappa shape index (κ3) is 3.85. The van der Waals surface area contributed by atoms with Crippen molar-refractivity contribution < 1.29 is 19.4 Å². The van der Waals surface area contributed by atoms with Crippen LogP contribution in [0.25, 0.3) is 0 Å². The number of amides is 1. The molecule has 0 saturated carbocycles. The van der Waals surface area contributed by atoms with Crippen LogP contribution in [0.1, 0.15) is 31.1 Å². The van der Waals surface area contributed by atoms with E-state index in [4.69, 9.17) is 4.74 Å². The summed E-state index contributed by atoms with van der Waals surface area (Å²) in [6.45, 7) is 5.20. The van der Waals surface area contributed by atoms with E-state index in [1.54, 1.807) is 34.0 Å². The van der Waals surface area contributed by atoms with Gasteiger partial charge in [0.25, 0.3) is 0 Å². The van der Waals surface area contributed by atoms with Crippen LogP contribution < -0.4 is 4.90 Å². The van der Waals surface area contributed by atoms with Crippen LogP contribution in [-0.4, -0.2) is 37.5 Å². The van der Waals surface area contributed by atoms with Crippen molar-refractivity contribution in [2.45, 2.75) is 26.4 Å². The first-order valence-corrected chi connectivity index (χ1v) is 6.88. The molecule has 2 rings (SSSR count). The monoisotopic (exact) mass is 318 g/mol. The fraction of sp³-hybridized carbons (Fsp3) is 0.333. The zero-order chi connectivity index (χ0) is 17.2. The Bertz CT molecular complexity index is 733. The standard InChI is InChI=1S/C15H18N4O4/c1-15(2,3)23-14(22)19(10-7-17-18(4)9-10)12-5-6-16-8-11(12)13(20)21/h5-9H,1-4H3,(H,20,21). The molecule has 0 aliphatic rings. The highest BCUT2D eigenvalue weighted by molar-refractivity contribution is 6.03. The Hall–Kier alpha value is -2.90. The topological polar surface area (TPSA) is 97.6 Å². The maximum Gasteiger partial charge on any atom is 0.419 e. The lowest BCUT2D eigenvalue weighted by molar-refractivity contribution is 0.0599. The Labute approximate surface area is 133 Å². The molecule has 0 radical (unpaired) electrons. The van der Waals surface area contributed by atoms with E-state index in [2.05, 4.69) is 10.1 Å². The van der Waals surface area contributed by atoms with Crippen LogP contribution >= 0.6 is 0 Å². The summed E-state index contributed by atoms with van der Waals surface area (Å²) in [5.41, 5.74) is -0.277. The smallest absolute Gasteiger partial charge is 0.419 e. The van der Waals surface area contributed by atoms with Crippen LogP contribution in [0, 0.1) is 0 Å². The molecular formula is C15H18N4O4. The van der Waals surface area contributed by atoms with E-state index in [1.165, 1.54) is 34.2 Å². The van der Waals surface area contributed by atoms with Crippen molar-refractivity contribution in [2.24, 2.45) is 7.05 Å². The Morgan fingerprint density at radius 2 is 2.00 bits per heavy atom. The molecule has 0 aliphatic heterocycles. The van der Waals surface area contributed by atoms with Crippen LogP contribution in [0.4, 0.5) is 16.2 Å². The minimum absolute atomic E-state index is 0.109. The Morgan fingerprint density at radius 1 is 1.30 bits per heavy atom. The molecule has 1 amide bonds. The number of carbonyl (C=O) groups is 2. The van der Waals surface area contributed by atoms with Gasteiger partial charge in [-0.3, -0.25) is 9.67 Å². The number of rotatable bonds is 3. The highest BCUT2D eigenvalue weighted by Gasteiger charge is 2.28. The lowest BCUT2D eigenvalue weighted by Gasteiger charge is -2.27. The van der Waals surface area contributed by atoms with E-state index in [0.29, 0.717) is 5.69 Å². The van der Waals surface area contributed by atoms with Gasteiger partial charge in [0.2, 0.25) is 0 Å². The van der Waals surface area contributed by atoms with Crippen molar-refractivity contribution in [2.75, 3.05) is 4.90 Å². The number of pyridine rings is 1. The molecule has 2 aromatic heterocycles. The van der Waals surface area contributed by atoms with Crippen LogP contribution in [0.5, 0.6) is 0 Å². The van der Waals surface area contributed by atoms with Gasteiger partial charge in [-0.25, -0.2) is 14.5 Å². The minimum Gasteiger partial charge on any atom is -0.478 e. The highest BCUT2D eigenvalue weighted by atomic mass is 16.6. The molecule has 0 bridgehead atoms. The molecule has 2 heterocycles. The van der Waals surface area contributed by atoms with Gasteiger partial charge in [-0.1, -0.05) is 0 Å². The summed E-state index contributed by atoms with van der Waals surface area (Å²) in [5.74, 6) is -1.19. The highest BCUT2D eigenvalue weighted by Crippen LogP contribution is 2.29. The van der Waals surface area contributed by atoms with Crippen molar-refractivity contribution in [3.05, 3.63) is 36.4 Å². The van der Waals surface area contributed by atoms with Gasteiger partial charge in [0.1, 0.15) is 11.2 Å². The summed E-state index contributed by atoms with van der Waals surface area (Å²) in [5, 5.41) is 13.4. The normalized spacial score (nSPS) is 11.1. The first-order valence-electron chi connectivity index (χ1n) is 6.88.